The summed E-state index contributed by atoms with van der Waals surface area (Å²) >= 11 is 6.24. The van der Waals surface area contributed by atoms with Crippen LogP contribution in [0.25, 0.3) is 0 Å². The van der Waals surface area contributed by atoms with E-state index >= 15 is 0 Å². The summed E-state index contributed by atoms with van der Waals surface area (Å²) in [6.07, 6.45) is 4.17. The lowest BCUT2D eigenvalue weighted by molar-refractivity contribution is -0.123. The van der Waals surface area contributed by atoms with Crippen LogP contribution in [-0.4, -0.2) is 26.7 Å². The van der Waals surface area contributed by atoms with E-state index in [2.05, 4.69) is 9.97 Å². The molecule has 8 heteroatoms. The first-order valence-corrected chi connectivity index (χ1v) is 9.87. The minimum atomic E-state index is -1.00. The molecule has 3 aromatic rings. The third-order valence-corrected chi connectivity index (χ3v) is 5.55. The van der Waals surface area contributed by atoms with E-state index in [0.29, 0.717) is 17.0 Å². The number of aryl methyl sites for hydroxylation is 1. The molecule has 0 spiro atoms. The number of halogens is 1. The summed E-state index contributed by atoms with van der Waals surface area (Å²) in [7, 11) is 0. The van der Waals surface area contributed by atoms with E-state index < -0.39 is 23.9 Å². The summed E-state index contributed by atoms with van der Waals surface area (Å²) in [5.74, 6) is -1.16. The number of carbonyl (C=O) groups is 2. The van der Waals surface area contributed by atoms with Crippen molar-refractivity contribution in [2.75, 3.05) is 5.73 Å². The van der Waals surface area contributed by atoms with Gasteiger partial charge in [-0.1, -0.05) is 48.0 Å². The van der Waals surface area contributed by atoms with Crippen LogP contribution in [0.1, 0.15) is 45.7 Å². The van der Waals surface area contributed by atoms with Crippen LogP contribution >= 0.6 is 11.6 Å². The van der Waals surface area contributed by atoms with E-state index in [9.17, 15) is 9.59 Å². The second-order valence-corrected chi connectivity index (χ2v) is 7.55. The zero-order chi connectivity index (χ0) is 21.3. The standard InChI is InChI=1S/C22H20ClN5O2/c23-15-8-6-13-7-9-17(16(13)12-15)28(22(30)18-20(24)27-11-10-26-18)19(21(25)29)14-4-2-1-3-5-14/h1-6,8,10-12,17,19H,7,9H2,(H2,24,27)(H2,25,29)/t17-,19?/m1/s1. The molecule has 4 rings (SSSR count). The molecular formula is C22H20ClN5O2. The number of rotatable bonds is 5. The van der Waals surface area contributed by atoms with E-state index in [0.717, 1.165) is 17.5 Å². The Morgan fingerprint density at radius 1 is 1.10 bits per heavy atom. The SMILES string of the molecule is NC(=O)C(c1ccccc1)N(C(=O)c1nccnc1N)[C@@H]1CCc2ccc(Cl)cc21. The molecule has 2 aromatic carbocycles. The first kappa shape index (κ1) is 19.8. The van der Waals surface area contributed by atoms with Gasteiger partial charge in [-0.05, 0) is 41.7 Å². The van der Waals surface area contributed by atoms with Crippen molar-refractivity contribution >= 4 is 29.2 Å². The number of hydrogen-bond donors (Lipinski definition) is 2. The van der Waals surface area contributed by atoms with Crippen molar-refractivity contribution in [3.63, 3.8) is 0 Å². The molecule has 1 aliphatic carbocycles. The number of anilines is 1. The maximum atomic E-state index is 13.7. The molecule has 0 saturated heterocycles. The number of primary amides is 1. The smallest absolute Gasteiger partial charge is 0.277 e. The minimum absolute atomic E-state index is 0.00639. The number of nitrogens with zero attached hydrogens (tertiary/aromatic N) is 3. The topological polar surface area (TPSA) is 115 Å². The van der Waals surface area contributed by atoms with Gasteiger partial charge in [0.1, 0.15) is 6.04 Å². The number of fused-ring (bicyclic) bond motifs is 1. The predicted octanol–water partition coefficient (Wildman–Crippen LogP) is 3.07. The molecular weight excluding hydrogens is 402 g/mol. The molecule has 4 N–H and O–H groups in total. The van der Waals surface area contributed by atoms with Gasteiger partial charge in [0.2, 0.25) is 5.91 Å². The Morgan fingerprint density at radius 3 is 2.53 bits per heavy atom. The van der Waals surface area contributed by atoms with E-state index in [1.807, 2.05) is 24.3 Å². The Hall–Kier alpha value is -3.45. The van der Waals surface area contributed by atoms with Crippen LogP contribution in [0.5, 0.6) is 0 Å². The van der Waals surface area contributed by atoms with Gasteiger partial charge in [-0.15, -0.1) is 0 Å². The molecule has 0 aliphatic heterocycles. The van der Waals surface area contributed by atoms with Crippen LogP contribution in [0.4, 0.5) is 5.82 Å². The lowest BCUT2D eigenvalue weighted by atomic mass is 9.98. The Bertz CT molecular complexity index is 1110. The molecule has 0 fully saturated rings. The fourth-order valence-corrected chi connectivity index (χ4v) is 4.19. The third kappa shape index (κ3) is 3.59. The van der Waals surface area contributed by atoms with Gasteiger partial charge in [-0.2, -0.15) is 0 Å². The second kappa shape index (κ2) is 8.12. The van der Waals surface area contributed by atoms with Gasteiger partial charge in [-0.3, -0.25) is 9.59 Å². The van der Waals surface area contributed by atoms with E-state index in [1.165, 1.54) is 17.3 Å². The average molecular weight is 422 g/mol. The molecule has 1 aromatic heterocycles. The van der Waals surface area contributed by atoms with Crippen molar-refractivity contribution in [1.29, 1.82) is 0 Å². The van der Waals surface area contributed by atoms with Crippen LogP contribution in [0.2, 0.25) is 5.02 Å². The van der Waals surface area contributed by atoms with Crippen molar-refractivity contribution in [2.24, 2.45) is 5.73 Å². The fourth-order valence-electron chi connectivity index (χ4n) is 4.01. The highest BCUT2D eigenvalue weighted by atomic mass is 35.5. The van der Waals surface area contributed by atoms with E-state index in [1.54, 1.807) is 24.3 Å². The van der Waals surface area contributed by atoms with Gasteiger partial charge in [0.05, 0.1) is 6.04 Å². The summed E-state index contributed by atoms with van der Waals surface area (Å²) in [5, 5.41) is 0.558. The average Bonchev–Trinajstić information content (AvgIpc) is 3.14. The molecule has 30 heavy (non-hydrogen) atoms. The molecule has 2 amide bonds. The zero-order valence-corrected chi connectivity index (χ0v) is 16.8. The second-order valence-electron chi connectivity index (χ2n) is 7.12. The summed E-state index contributed by atoms with van der Waals surface area (Å²) in [6.45, 7) is 0. The normalized spacial score (nSPS) is 16.0. The number of benzene rings is 2. The maximum absolute atomic E-state index is 13.7. The molecule has 7 nitrogen and oxygen atoms in total. The first-order valence-electron chi connectivity index (χ1n) is 9.49. The van der Waals surface area contributed by atoms with Crippen LogP contribution < -0.4 is 11.5 Å². The van der Waals surface area contributed by atoms with Crippen LogP contribution in [-0.2, 0) is 11.2 Å². The minimum Gasteiger partial charge on any atom is -0.382 e. The van der Waals surface area contributed by atoms with Crippen molar-refractivity contribution in [2.45, 2.75) is 24.9 Å². The first-order chi connectivity index (χ1) is 14.5. The van der Waals surface area contributed by atoms with Gasteiger partial charge in [0.15, 0.2) is 11.5 Å². The Labute approximate surface area is 178 Å². The molecule has 1 heterocycles. The molecule has 0 bridgehead atoms. The fraction of sp³-hybridized carbons (Fsp3) is 0.182. The van der Waals surface area contributed by atoms with Gasteiger partial charge in [0.25, 0.3) is 5.91 Å². The van der Waals surface area contributed by atoms with Crippen molar-refractivity contribution in [3.8, 4) is 0 Å². The summed E-state index contributed by atoms with van der Waals surface area (Å²) in [4.78, 5) is 35.9. The Balaban J connectivity index is 1.88. The lowest BCUT2D eigenvalue weighted by Gasteiger charge is -2.35. The van der Waals surface area contributed by atoms with Crippen molar-refractivity contribution < 1.29 is 9.59 Å². The quantitative estimate of drug-likeness (QED) is 0.656. The van der Waals surface area contributed by atoms with Gasteiger partial charge >= 0.3 is 0 Å². The van der Waals surface area contributed by atoms with Gasteiger partial charge < -0.3 is 16.4 Å². The summed E-state index contributed by atoms with van der Waals surface area (Å²) in [6, 6.07) is 13.1. The number of amides is 2. The predicted molar refractivity (Wildman–Crippen MR) is 114 cm³/mol. The van der Waals surface area contributed by atoms with Crippen LogP contribution in [0.3, 0.4) is 0 Å². The van der Waals surface area contributed by atoms with Gasteiger partial charge in [0, 0.05) is 17.4 Å². The third-order valence-electron chi connectivity index (χ3n) is 5.32. The highest BCUT2D eigenvalue weighted by Crippen LogP contribution is 2.42. The highest BCUT2D eigenvalue weighted by molar-refractivity contribution is 6.30. The van der Waals surface area contributed by atoms with E-state index in [-0.39, 0.29) is 11.5 Å². The molecule has 1 aliphatic rings. The summed E-state index contributed by atoms with van der Waals surface area (Å²) in [5.41, 5.74) is 14.3. The van der Waals surface area contributed by atoms with E-state index in [4.69, 9.17) is 23.1 Å². The molecule has 152 valence electrons. The Morgan fingerprint density at radius 2 is 1.83 bits per heavy atom. The number of carbonyl (C=O) groups excluding carboxylic acids is 2. The zero-order valence-electron chi connectivity index (χ0n) is 16.0. The number of nitrogens with two attached hydrogens (primary N) is 2. The monoisotopic (exact) mass is 421 g/mol. The van der Waals surface area contributed by atoms with Crippen LogP contribution in [0, 0.1) is 0 Å². The molecule has 2 atom stereocenters. The number of nitrogen functional groups attached to an aromatic ring is 1. The maximum Gasteiger partial charge on any atom is 0.277 e. The van der Waals surface area contributed by atoms with Gasteiger partial charge in [-0.25, -0.2) is 9.97 Å². The molecule has 0 saturated carbocycles. The van der Waals surface area contributed by atoms with Crippen molar-refractivity contribution in [3.05, 3.63) is 88.3 Å². The van der Waals surface area contributed by atoms with Crippen LogP contribution in [0.15, 0.2) is 60.9 Å². The molecule has 1 unspecified atom stereocenters. The largest absolute Gasteiger partial charge is 0.382 e. The van der Waals surface area contributed by atoms with Crippen molar-refractivity contribution in [1.82, 2.24) is 14.9 Å². The summed E-state index contributed by atoms with van der Waals surface area (Å²) < 4.78 is 0. The molecule has 0 radical (unpaired) electrons. The Kier molecular flexibility index (Phi) is 5.37. The highest BCUT2D eigenvalue weighted by Gasteiger charge is 2.40. The number of aromatic nitrogens is 2. The number of hydrogen-bond acceptors (Lipinski definition) is 5. The lowest BCUT2D eigenvalue weighted by Crippen LogP contribution is -2.44.